The number of carbonyl (C=O) groups excluding carboxylic acids is 1. The quantitative estimate of drug-likeness (QED) is 0.574. The number of benzene rings is 1. The van der Waals surface area contributed by atoms with Gasteiger partial charge in [0.15, 0.2) is 0 Å². The normalized spacial score (nSPS) is 17.6. The van der Waals surface area contributed by atoms with Gasteiger partial charge in [-0.3, -0.25) is 4.79 Å². The van der Waals surface area contributed by atoms with Crippen LogP contribution in [0.25, 0.3) is 0 Å². The number of carbonyl (C=O) groups is 1. The molecule has 1 aromatic heterocycles. The van der Waals surface area contributed by atoms with Crippen LogP contribution >= 0.6 is 11.6 Å². The van der Waals surface area contributed by atoms with Crippen LogP contribution in [0, 0.1) is 11.7 Å². The first-order chi connectivity index (χ1) is 14.7. The highest BCUT2D eigenvalue weighted by Crippen LogP contribution is 2.34. The Hall–Kier alpha value is -2.35. The molecule has 0 N–H and O–H groups in total. The predicted octanol–water partition coefficient (Wildman–Crippen LogP) is 5.30. The third kappa shape index (κ3) is 4.95. The van der Waals surface area contributed by atoms with Gasteiger partial charge in [-0.2, -0.15) is 13.2 Å². The zero-order chi connectivity index (χ0) is 22.2. The molecular formula is C22H22ClF4N3O. The van der Waals surface area contributed by atoms with Gasteiger partial charge < -0.3 is 9.80 Å². The Balaban J connectivity index is 1.40. The second-order valence-corrected chi connectivity index (χ2v) is 8.47. The molecule has 0 bridgehead atoms. The molecule has 2 aromatic rings. The van der Waals surface area contributed by atoms with Crippen molar-refractivity contribution in [3.63, 3.8) is 0 Å². The fourth-order valence-electron chi connectivity index (χ4n) is 3.96. The summed E-state index contributed by atoms with van der Waals surface area (Å²) >= 11 is 6.15. The summed E-state index contributed by atoms with van der Waals surface area (Å²) < 4.78 is 52.4. The lowest BCUT2D eigenvalue weighted by molar-refractivity contribution is -0.138. The number of rotatable bonds is 5. The highest BCUT2D eigenvalue weighted by Gasteiger charge is 2.38. The molecule has 166 valence electrons. The van der Waals surface area contributed by atoms with Crippen LogP contribution in [0.3, 0.4) is 0 Å². The number of anilines is 1. The summed E-state index contributed by atoms with van der Waals surface area (Å²) in [5.41, 5.74) is -0.455. The minimum Gasteiger partial charge on any atom is -0.357 e. The van der Waals surface area contributed by atoms with Gasteiger partial charge in [-0.15, -0.1) is 0 Å². The van der Waals surface area contributed by atoms with Crippen molar-refractivity contribution >= 4 is 23.3 Å². The lowest BCUT2D eigenvalue weighted by Crippen LogP contribution is -2.43. The number of piperidine rings is 1. The van der Waals surface area contributed by atoms with Gasteiger partial charge in [0.25, 0.3) is 0 Å². The van der Waals surface area contributed by atoms with E-state index in [1.54, 1.807) is 11.0 Å². The number of pyridine rings is 1. The summed E-state index contributed by atoms with van der Waals surface area (Å²) in [5, 5.41) is 0.307. The average molecular weight is 456 g/mol. The molecule has 1 saturated heterocycles. The SMILES string of the molecule is O=C(C1CCN(c2ccc(C(F)(F)F)cn2)CC1)N(Cc1c(F)cccc1Cl)C1CC1. The number of alkyl halides is 3. The number of amides is 1. The maximum atomic E-state index is 14.2. The zero-order valence-corrected chi connectivity index (χ0v) is 17.5. The molecule has 4 nitrogen and oxygen atoms in total. The van der Waals surface area contributed by atoms with Crippen LogP contribution < -0.4 is 4.90 Å². The van der Waals surface area contributed by atoms with Crippen LogP contribution in [0.4, 0.5) is 23.4 Å². The van der Waals surface area contributed by atoms with Crippen LogP contribution in [0.5, 0.6) is 0 Å². The largest absolute Gasteiger partial charge is 0.417 e. The van der Waals surface area contributed by atoms with E-state index in [1.807, 2.05) is 4.90 Å². The van der Waals surface area contributed by atoms with E-state index in [1.165, 1.54) is 18.2 Å². The average Bonchev–Trinajstić information content (AvgIpc) is 3.58. The van der Waals surface area contributed by atoms with Crippen molar-refractivity contribution in [2.75, 3.05) is 18.0 Å². The van der Waals surface area contributed by atoms with Crippen LogP contribution in [0.2, 0.25) is 5.02 Å². The molecular weight excluding hydrogens is 434 g/mol. The maximum Gasteiger partial charge on any atom is 0.417 e. The number of hydrogen-bond donors (Lipinski definition) is 0. The van der Waals surface area contributed by atoms with Gasteiger partial charge in [0.05, 0.1) is 12.1 Å². The Bertz CT molecular complexity index is 919. The maximum absolute atomic E-state index is 14.2. The van der Waals surface area contributed by atoms with Crippen LogP contribution in [0.1, 0.15) is 36.8 Å². The van der Waals surface area contributed by atoms with E-state index in [9.17, 15) is 22.4 Å². The number of hydrogen-bond acceptors (Lipinski definition) is 3. The third-order valence-corrected chi connectivity index (χ3v) is 6.26. The van der Waals surface area contributed by atoms with E-state index in [2.05, 4.69) is 4.98 Å². The molecule has 1 amide bonds. The minimum absolute atomic E-state index is 0.0122. The molecule has 1 aromatic carbocycles. The monoisotopic (exact) mass is 455 g/mol. The van der Waals surface area contributed by atoms with Crippen LogP contribution in [0.15, 0.2) is 36.5 Å². The van der Waals surface area contributed by atoms with E-state index in [-0.39, 0.29) is 24.4 Å². The first-order valence-electron chi connectivity index (χ1n) is 10.3. The Kier molecular flexibility index (Phi) is 6.10. The summed E-state index contributed by atoms with van der Waals surface area (Å²) in [6.45, 7) is 1.19. The van der Waals surface area contributed by atoms with Crippen molar-refractivity contribution < 1.29 is 22.4 Å². The molecule has 0 radical (unpaired) electrons. The van der Waals surface area contributed by atoms with Crippen molar-refractivity contribution in [1.29, 1.82) is 0 Å². The molecule has 1 saturated carbocycles. The third-order valence-electron chi connectivity index (χ3n) is 5.90. The molecule has 2 heterocycles. The van der Waals surface area contributed by atoms with Crippen LogP contribution in [-0.4, -0.2) is 34.9 Å². The molecule has 1 aliphatic carbocycles. The number of aromatic nitrogens is 1. The van der Waals surface area contributed by atoms with Crippen molar-refractivity contribution in [2.45, 2.75) is 44.4 Å². The van der Waals surface area contributed by atoms with Crippen molar-refractivity contribution in [3.8, 4) is 0 Å². The Morgan fingerprint density at radius 1 is 1.13 bits per heavy atom. The van der Waals surface area contributed by atoms with Gasteiger partial charge >= 0.3 is 6.18 Å². The molecule has 2 fully saturated rings. The Morgan fingerprint density at radius 3 is 2.39 bits per heavy atom. The standard InChI is InChI=1S/C22H22ClF4N3O/c23-18-2-1-3-19(24)17(18)13-30(16-5-6-16)21(31)14-8-10-29(11-9-14)20-7-4-15(12-28-20)22(25,26)27/h1-4,7,12,14,16H,5-6,8-11,13H2. The number of halogens is 5. The summed E-state index contributed by atoms with van der Waals surface area (Å²) in [6, 6.07) is 6.99. The Morgan fingerprint density at radius 2 is 1.84 bits per heavy atom. The molecule has 0 spiro atoms. The number of nitrogens with zero attached hydrogens (tertiary/aromatic N) is 3. The van der Waals surface area contributed by atoms with Crippen molar-refractivity contribution in [3.05, 3.63) is 58.5 Å². The fraction of sp³-hybridized carbons (Fsp3) is 0.455. The van der Waals surface area contributed by atoms with E-state index in [0.29, 0.717) is 42.3 Å². The van der Waals surface area contributed by atoms with Crippen LogP contribution in [-0.2, 0) is 17.5 Å². The van der Waals surface area contributed by atoms with Gasteiger partial charge in [-0.05, 0) is 49.9 Å². The predicted molar refractivity (Wildman–Crippen MR) is 109 cm³/mol. The molecule has 0 atom stereocenters. The van der Waals surface area contributed by atoms with Crippen molar-refractivity contribution in [1.82, 2.24) is 9.88 Å². The molecule has 0 unspecified atom stereocenters. The van der Waals surface area contributed by atoms with Crippen molar-refractivity contribution in [2.24, 2.45) is 5.92 Å². The Labute approximate surface area is 182 Å². The van der Waals surface area contributed by atoms with Gasteiger partial charge in [0.2, 0.25) is 5.91 Å². The second-order valence-electron chi connectivity index (χ2n) is 8.06. The molecule has 4 rings (SSSR count). The van der Waals surface area contributed by atoms with Gasteiger partial charge in [-0.25, -0.2) is 9.37 Å². The van der Waals surface area contributed by atoms with Gasteiger partial charge in [-0.1, -0.05) is 17.7 Å². The zero-order valence-electron chi connectivity index (χ0n) is 16.7. The molecule has 9 heteroatoms. The van der Waals surface area contributed by atoms with E-state index in [4.69, 9.17) is 11.6 Å². The highest BCUT2D eigenvalue weighted by molar-refractivity contribution is 6.31. The van der Waals surface area contributed by atoms with E-state index >= 15 is 0 Å². The molecule has 1 aliphatic heterocycles. The second kappa shape index (κ2) is 8.65. The smallest absolute Gasteiger partial charge is 0.357 e. The summed E-state index contributed by atoms with van der Waals surface area (Å²) in [6.07, 6.45) is -0.665. The first-order valence-corrected chi connectivity index (χ1v) is 10.6. The summed E-state index contributed by atoms with van der Waals surface area (Å²) in [4.78, 5) is 20.8. The topological polar surface area (TPSA) is 36.4 Å². The molecule has 31 heavy (non-hydrogen) atoms. The van der Waals surface area contributed by atoms with E-state index < -0.39 is 17.6 Å². The fourth-order valence-corrected chi connectivity index (χ4v) is 4.18. The van der Waals surface area contributed by atoms with Gasteiger partial charge in [0.1, 0.15) is 11.6 Å². The highest BCUT2D eigenvalue weighted by atomic mass is 35.5. The lowest BCUT2D eigenvalue weighted by Gasteiger charge is -2.35. The first kappa shape index (κ1) is 21.9. The van der Waals surface area contributed by atoms with E-state index in [0.717, 1.165) is 25.1 Å². The minimum atomic E-state index is -4.42. The summed E-state index contributed by atoms with van der Waals surface area (Å²) in [7, 11) is 0. The summed E-state index contributed by atoms with van der Waals surface area (Å²) in [5.74, 6) is -0.177. The molecule has 2 aliphatic rings. The van der Waals surface area contributed by atoms with Gasteiger partial charge in [0, 0.05) is 41.8 Å². The lowest BCUT2D eigenvalue weighted by atomic mass is 9.94.